The van der Waals surface area contributed by atoms with Crippen molar-refractivity contribution in [3.8, 4) is 0 Å². The average Bonchev–Trinajstić information content (AvgIpc) is 2.35. The predicted octanol–water partition coefficient (Wildman–Crippen LogP) is 4.09. The molecule has 2 aromatic carbocycles. The van der Waals surface area contributed by atoms with Crippen molar-refractivity contribution >= 4 is 16.5 Å². The first-order chi connectivity index (χ1) is 8.24. The summed E-state index contributed by atoms with van der Waals surface area (Å²) in [5.41, 5.74) is 1.40. The molecule has 0 aliphatic rings. The van der Waals surface area contributed by atoms with Crippen LogP contribution in [0.5, 0.6) is 0 Å². The molecular formula is C14H15NO2. The highest BCUT2D eigenvalue weighted by Crippen LogP contribution is 2.28. The first-order valence-electron chi connectivity index (χ1n) is 5.89. The molecule has 0 radical (unpaired) electrons. The molecule has 0 aliphatic heterocycles. The molecule has 0 spiro atoms. The number of aryl methyl sites for hydroxylation is 1. The van der Waals surface area contributed by atoms with E-state index in [9.17, 15) is 10.1 Å². The van der Waals surface area contributed by atoms with Crippen molar-refractivity contribution in [2.75, 3.05) is 0 Å². The van der Waals surface area contributed by atoms with Crippen LogP contribution in [-0.4, -0.2) is 4.92 Å². The van der Waals surface area contributed by atoms with E-state index in [4.69, 9.17) is 0 Å². The second-order valence-corrected chi connectivity index (χ2v) is 4.15. The number of hydrogen-bond donors (Lipinski definition) is 0. The topological polar surface area (TPSA) is 43.1 Å². The van der Waals surface area contributed by atoms with Crippen molar-refractivity contribution in [1.29, 1.82) is 0 Å². The van der Waals surface area contributed by atoms with E-state index < -0.39 is 0 Å². The number of non-ortho nitro benzene ring substituents is 1. The quantitative estimate of drug-likeness (QED) is 0.585. The Morgan fingerprint density at radius 1 is 1.12 bits per heavy atom. The summed E-state index contributed by atoms with van der Waals surface area (Å²) in [7, 11) is 0. The van der Waals surface area contributed by atoms with Crippen LogP contribution in [0.15, 0.2) is 36.4 Å². The Hall–Kier alpha value is -1.90. The molecule has 0 atom stereocenters. The summed E-state index contributed by atoms with van der Waals surface area (Å²) < 4.78 is 0. The van der Waals surface area contributed by atoms with Gasteiger partial charge in [0.2, 0.25) is 0 Å². The van der Waals surface area contributed by atoms with Crippen molar-refractivity contribution in [1.82, 2.24) is 0 Å². The van der Waals surface area contributed by atoms with Crippen LogP contribution in [0.2, 0.25) is 0 Å². The van der Waals surface area contributed by atoms with E-state index in [-0.39, 0.29) is 10.6 Å². The number of nitrogens with zero attached hydrogens (tertiary/aromatic N) is 1. The lowest BCUT2D eigenvalue weighted by atomic mass is 9.99. The number of unbranched alkanes of at least 4 members (excludes halogenated alkanes) is 1. The maximum atomic E-state index is 10.9. The normalized spacial score (nSPS) is 10.6. The standard InChI is InChI=1S/C14H15NO2/c1-2-3-6-11-9-10-14(15(16)17)13-8-5-4-7-12(11)13/h4-5,7-10H,2-3,6H2,1H3. The summed E-state index contributed by atoms with van der Waals surface area (Å²) in [6, 6.07) is 11.1. The maximum Gasteiger partial charge on any atom is 0.277 e. The third-order valence-corrected chi connectivity index (χ3v) is 2.99. The van der Waals surface area contributed by atoms with Crippen molar-refractivity contribution in [2.45, 2.75) is 26.2 Å². The van der Waals surface area contributed by atoms with Crippen LogP contribution >= 0.6 is 0 Å². The van der Waals surface area contributed by atoms with Gasteiger partial charge in [-0.1, -0.05) is 37.6 Å². The highest BCUT2D eigenvalue weighted by molar-refractivity contribution is 5.93. The number of nitro benzene ring substituents is 1. The Morgan fingerprint density at radius 3 is 2.47 bits per heavy atom. The van der Waals surface area contributed by atoms with E-state index in [1.807, 2.05) is 30.3 Å². The molecule has 2 aromatic rings. The summed E-state index contributed by atoms with van der Waals surface area (Å²) in [6.07, 6.45) is 3.22. The summed E-state index contributed by atoms with van der Waals surface area (Å²) in [6.45, 7) is 2.15. The highest BCUT2D eigenvalue weighted by atomic mass is 16.6. The molecule has 17 heavy (non-hydrogen) atoms. The fraction of sp³-hybridized carbons (Fsp3) is 0.286. The van der Waals surface area contributed by atoms with Gasteiger partial charge in [-0.25, -0.2) is 0 Å². The lowest BCUT2D eigenvalue weighted by Gasteiger charge is -2.06. The van der Waals surface area contributed by atoms with Gasteiger partial charge in [0.15, 0.2) is 0 Å². The lowest BCUT2D eigenvalue weighted by molar-refractivity contribution is -0.383. The fourth-order valence-corrected chi connectivity index (χ4v) is 2.09. The van der Waals surface area contributed by atoms with Gasteiger partial charge in [0.25, 0.3) is 5.69 Å². The van der Waals surface area contributed by atoms with Gasteiger partial charge >= 0.3 is 0 Å². The molecular weight excluding hydrogens is 214 g/mol. The van der Waals surface area contributed by atoms with Gasteiger partial charge in [0.05, 0.1) is 10.3 Å². The van der Waals surface area contributed by atoms with Crippen molar-refractivity contribution in [3.63, 3.8) is 0 Å². The third kappa shape index (κ3) is 2.28. The summed E-state index contributed by atoms with van der Waals surface area (Å²) in [5.74, 6) is 0. The monoisotopic (exact) mass is 229 g/mol. The van der Waals surface area contributed by atoms with E-state index in [0.29, 0.717) is 0 Å². The Bertz CT molecular complexity index is 549. The Morgan fingerprint density at radius 2 is 1.82 bits per heavy atom. The van der Waals surface area contributed by atoms with Crippen LogP contribution in [0.1, 0.15) is 25.3 Å². The summed E-state index contributed by atoms with van der Waals surface area (Å²) in [4.78, 5) is 10.6. The zero-order chi connectivity index (χ0) is 12.3. The van der Waals surface area contributed by atoms with E-state index in [2.05, 4.69) is 6.92 Å². The molecule has 0 aromatic heterocycles. The van der Waals surface area contributed by atoms with Gasteiger partial charge in [-0.3, -0.25) is 10.1 Å². The van der Waals surface area contributed by atoms with Crippen molar-refractivity contribution < 1.29 is 4.92 Å². The van der Waals surface area contributed by atoms with Crippen LogP contribution in [-0.2, 0) is 6.42 Å². The minimum absolute atomic E-state index is 0.195. The second-order valence-electron chi connectivity index (χ2n) is 4.15. The molecule has 0 N–H and O–H groups in total. The number of hydrogen-bond acceptors (Lipinski definition) is 2. The van der Waals surface area contributed by atoms with Crippen LogP contribution < -0.4 is 0 Å². The predicted molar refractivity (Wildman–Crippen MR) is 69.2 cm³/mol. The minimum Gasteiger partial charge on any atom is -0.258 e. The van der Waals surface area contributed by atoms with E-state index in [1.165, 1.54) is 5.56 Å². The Balaban J connectivity index is 2.58. The molecule has 0 saturated carbocycles. The van der Waals surface area contributed by atoms with Gasteiger partial charge in [-0.15, -0.1) is 0 Å². The van der Waals surface area contributed by atoms with E-state index in [0.717, 1.165) is 30.0 Å². The van der Waals surface area contributed by atoms with Gasteiger partial charge in [0.1, 0.15) is 0 Å². The minimum atomic E-state index is -0.314. The molecule has 0 amide bonds. The Labute approximate surface area is 100 Å². The van der Waals surface area contributed by atoms with Crippen LogP contribution in [0.3, 0.4) is 0 Å². The molecule has 0 saturated heterocycles. The van der Waals surface area contributed by atoms with Gasteiger partial charge in [0, 0.05) is 6.07 Å². The van der Waals surface area contributed by atoms with Gasteiger partial charge < -0.3 is 0 Å². The maximum absolute atomic E-state index is 10.9. The summed E-state index contributed by atoms with van der Waals surface area (Å²) in [5, 5.41) is 12.7. The molecule has 88 valence electrons. The molecule has 0 heterocycles. The zero-order valence-electron chi connectivity index (χ0n) is 9.85. The smallest absolute Gasteiger partial charge is 0.258 e. The van der Waals surface area contributed by atoms with Gasteiger partial charge in [-0.05, 0) is 29.9 Å². The second kappa shape index (κ2) is 4.95. The van der Waals surface area contributed by atoms with E-state index in [1.54, 1.807) is 6.07 Å². The molecule has 3 heteroatoms. The summed E-state index contributed by atoms with van der Waals surface area (Å²) >= 11 is 0. The molecule has 0 unspecified atom stereocenters. The fourth-order valence-electron chi connectivity index (χ4n) is 2.09. The third-order valence-electron chi connectivity index (χ3n) is 2.99. The number of rotatable bonds is 4. The van der Waals surface area contributed by atoms with Crippen LogP contribution in [0.4, 0.5) is 5.69 Å². The van der Waals surface area contributed by atoms with Crippen LogP contribution in [0, 0.1) is 10.1 Å². The van der Waals surface area contributed by atoms with Crippen molar-refractivity contribution in [2.24, 2.45) is 0 Å². The number of fused-ring (bicyclic) bond motifs is 1. The largest absolute Gasteiger partial charge is 0.277 e. The average molecular weight is 229 g/mol. The first-order valence-corrected chi connectivity index (χ1v) is 5.89. The lowest BCUT2D eigenvalue weighted by Crippen LogP contribution is -1.93. The van der Waals surface area contributed by atoms with Gasteiger partial charge in [-0.2, -0.15) is 0 Å². The van der Waals surface area contributed by atoms with Crippen LogP contribution in [0.25, 0.3) is 10.8 Å². The van der Waals surface area contributed by atoms with E-state index >= 15 is 0 Å². The van der Waals surface area contributed by atoms with Crippen molar-refractivity contribution in [3.05, 3.63) is 52.1 Å². The molecule has 0 aliphatic carbocycles. The molecule has 2 rings (SSSR count). The zero-order valence-corrected chi connectivity index (χ0v) is 9.85. The molecule has 0 bridgehead atoms. The highest BCUT2D eigenvalue weighted by Gasteiger charge is 2.13. The Kier molecular flexibility index (Phi) is 3.38. The SMILES string of the molecule is CCCCc1ccc([N+](=O)[O-])c2ccccc12. The first kappa shape index (κ1) is 11.6. The molecule has 0 fully saturated rings. The number of benzene rings is 2. The molecule has 3 nitrogen and oxygen atoms in total. The number of nitro groups is 1.